The fourth-order valence-corrected chi connectivity index (χ4v) is 3.52. The first-order chi connectivity index (χ1) is 12.8. The van der Waals surface area contributed by atoms with Crippen LogP contribution in [0.3, 0.4) is 0 Å². The highest BCUT2D eigenvalue weighted by Crippen LogP contribution is 2.39. The maximum absolute atomic E-state index is 12.5. The van der Waals surface area contributed by atoms with Crippen LogP contribution >= 0.6 is 0 Å². The fraction of sp³-hybridized carbons (Fsp3) is 0.500. The van der Waals surface area contributed by atoms with Crippen LogP contribution in [0.5, 0.6) is 11.5 Å². The highest BCUT2D eigenvalue weighted by molar-refractivity contribution is 5.74. The Kier molecular flexibility index (Phi) is 3.69. The lowest BCUT2D eigenvalue weighted by molar-refractivity contribution is 0.174. The van der Waals surface area contributed by atoms with E-state index in [4.69, 9.17) is 9.47 Å². The molecule has 1 atom stereocenters. The Labute approximate surface area is 151 Å². The Bertz CT molecular complexity index is 832. The summed E-state index contributed by atoms with van der Waals surface area (Å²) in [6.45, 7) is 2.12. The first-order valence-electron chi connectivity index (χ1n) is 9.09. The number of urea groups is 1. The third-order valence-electron chi connectivity index (χ3n) is 5.23. The highest BCUT2D eigenvalue weighted by Gasteiger charge is 2.31. The monoisotopic (exact) mass is 355 g/mol. The summed E-state index contributed by atoms with van der Waals surface area (Å²) in [6, 6.07) is 5.89. The first kappa shape index (κ1) is 15.5. The summed E-state index contributed by atoms with van der Waals surface area (Å²) in [5, 5.41) is 11.5. The Hall–Kier alpha value is -2.77. The Morgan fingerprint density at radius 1 is 1.23 bits per heavy atom. The van der Waals surface area contributed by atoms with Crippen molar-refractivity contribution in [1.29, 1.82) is 0 Å². The van der Waals surface area contributed by atoms with Crippen molar-refractivity contribution in [3.8, 4) is 11.5 Å². The number of ether oxygens (including phenoxy) is 2. The molecule has 3 aliphatic rings. The van der Waals surface area contributed by atoms with Gasteiger partial charge in [-0.3, -0.25) is 0 Å². The van der Waals surface area contributed by atoms with E-state index in [1.165, 1.54) is 12.8 Å². The number of amides is 2. The molecule has 1 aromatic heterocycles. The van der Waals surface area contributed by atoms with Gasteiger partial charge in [-0.15, -0.1) is 5.10 Å². The van der Waals surface area contributed by atoms with E-state index in [2.05, 4.69) is 21.8 Å². The Morgan fingerprint density at radius 3 is 3.00 bits per heavy atom. The Balaban J connectivity index is 1.16. The molecular formula is C18H21N5O3. The number of benzene rings is 1. The van der Waals surface area contributed by atoms with Crippen molar-refractivity contribution in [3.05, 3.63) is 35.7 Å². The van der Waals surface area contributed by atoms with Gasteiger partial charge in [-0.2, -0.15) is 0 Å². The lowest BCUT2D eigenvalue weighted by Gasteiger charge is -2.17. The van der Waals surface area contributed by atoms with Crippen LogP contribution in [-0.2, 0) is 6.54 Å². The number of hydrogen-bond acceptors (Lipinski definition) is 5. The molecule has 1 N–H and O–H groups in total. The molecule has 0 bridgehead atoms. The molecule has 1 unspecified atom stereocenters. The molecule has 3 heterocycles. The van der Waals surface area contributed by atoms with Crippen LogP contribution in [0, 0.1) is 0 Å². The van der Waals surface area contributed by atoms with Crippen LogP contribution in [0.15, 0.2) is 24.4 Å². The summed E-state index contributed by atoms with van der Waals surface area (Å²) in [7, 11) is 0. The van der Waals surface area contributed by atoms with Crippen molar-refractivity contribution in [2.75, 3.05) is 19.9 Å². The molecule has 1 aromatic carbocycles. The number of rotatable bonds is 4. The second-order valence-corrected chi connectivity index (χ2v) is 7.13. The molecule has 136 valence electrons. The molecule has 1 aliphatic carbocycles. The summed E-state index contributed by atoms with van der Waals surface area (Å²) in [5.74, 6) is 2.09. The number of nitrogens with one attached hydrogen (secondary N) is 1. The third kappa shape index (κ3) is 2.95. The minimum atomic E-state index is -0.0484. The average Bonchev–Trinajstić information content (AvgIpc) is 3.09. The fourth-order valence-electron chi connectivity index (χ4n) is 3.52. The van der Waals surface area contributed by atoms with Crippen molar-refractivity contribution >= 4 is 6.03 Å². The van der Waals surface area contributed by atoms with Crippen molar-refractivity contribution in [2.24, 2.45) is 0 Å². The quantitative estimate of drug-likeness (QED) is 0.908. The van der Waals surface area contributed by atoms with E-state index in [1.54, 1.807) is 0 Å². The van der Waals surface area contributed by atoms with Gasteiger partial charge in [-0.25, -0.2) is 9.48 Å². The zero-order valence-electron chi connectivity index (χ0n) is 14.4. The molecule has 2 aromatic rings. The van der Waals surface area contributed by atoms with E-state index >= 15 is 0 Å². The second kappa shape index (κ2) is 6.19. The van der Waals surface area contributed by atoms with Gasteiger partial charge in [0.15, 0.2) is 11.5 Å². The maximum atomic E-state index is 12.5. The summed E-state index contributed by atoms with van der Waals surface area (Å²) in [5.41, 5.74) is 2.08. The number of likely N-dealkylation sites (tertiary alicyclic amines) is 1. The second-order valence-electron chi connectivity index (χ2n) is 7.13. The summed E-state index contributed by atoms with van der Waals surface area (Å²) >= 11 is 0. The van der Waals surface area contributed by atoms with E-state index in [-0.39, 0.29) is 18.9 Å². The molecule has 1 saturated carbocycles. The van der Waals surface area contributed by atoms with Crippen LogP contribution in [0.1, 0.15) is 42.5 Å². The van der Waals surface area contributed by atoms with Gasteiger partial charge in [0.2, 0.25) is 6.79 Å². The largest absolute Gasteiger partial charge is 0.454 e. The van der Waals surface area contributed by atoms with Crippen LogP contribution in [0.4, 0.5) is 4.79 Å². The SMILES string of the molecule is O=C(NCc1ccc2c(c1)OCO2)N1CCC(n2cc(C3CC3)nn2)C1. The molecule has 2 fully saturated rings. The Morgan fingerprint density at radius 2 is 2.12 bits per heavy atom. The number of carbonyl (C=O) groups is 1. The zero-order valence-corrected chi connectivity index (χ0v) is 14.4. The highest BCUT2D eigenvalue weighted by atomic mass is 16.7. The normalized spacial score (nSPS) is 21.2. The van der Waals surface area contributed by atoms with Crippen LogP contribution in [-0.4, -0.2) is 45.8 Å². The van der Waals surface area contributed by atoms with Gasteiger partial charge in [0.05, 0.1) is 11.7 Å². The molecule has 8 heteroatoms. The molecule has 2 aliphatic heterocycles. The van der Waals surface area contributed by atoms with E-state index < -0.39 is 0 Å². The zero-order chi connectivity index (χ0) is 17.5. The predicted octanol–water partition coefficient (Wildman–Crippen LogP) is 2.04. The minimum Gasteiger partial charge on any atom is -0.454 e. The molecule has 1 saturated heterocycles. The van der Waals surface area contributed by atoms with Crippen molar-refractivity contribution < 1.29 is 14.3 Å². The lowest BCUT2D eigenvalue weighted by atomic mass is 10.2. The van der Waals surface area contributed by atoms with Gasteiger partial charge < -0.3 is 19.7 Å². The van der Waals surface area contributed by atoms with Gasteiger partial charge in [0.25, 0.3) is 0 Å². The van der Waals surface area contributed by atoms with Gasteiger partial charge >= 0.3 is 6.03 Å². The smallest absolute Gasteiger partial charge is 0.317 e. The van der Waals surface area contributed by atoms with Crippen molar-refractivity contribution in [3.63, 3.8) is 0 Å². The van der Waals surface area contributed by atoms with Crippen molar-refractivity contribution in [1.82, 2.24) is 25.2 Å². The lowest BCUT2D eigenvalue weighted by Crippen LogP contribution is -2.38. The molecule has 2 amide bonds. The molecule has 0 radical (unpaired) electrons. The third-order valence-corrected chi connectivity index (χ3v) is 5.23. The van der Waals surface area contributed by atoms with Crippen LogP contribution < -0.4 is 14.8 Å². The first-order valence-corrected chi connectivity index (χ1v) is 9.09. The molecule has 5 rings (SSSR count). The minimum absolute atomic E-state index is 0.0484. The van der Waals surface area contributed by atoms with Gasteiger partial charge in [0, 0.05) is 31.7 Å². The van der Waals surface area contributed by atoms with Gasteiger partial charge in [-0.05, 0) is 37.0 Å². The standard InChI is InChI=1S/C18H21N5O3/c24-18(19-8-12-1-4-16-17(7-12)26-11-25-16)22-6-5-14(9-22)23-10-15(20-21-23)13-2-3-13/h1,4,7,10,13-14H,2-3,5-6,8-9,11H2,(H,19,24). The maximum Gasteiger partial charge on any atom is 0.317 e. The molecule has 26 heavy (non-hydrogen) atoms. The topological polar surface area (TPSA) is 81.5 Å². The van der Waals surface area contributed by atoms with Crippen LogP contribution in [0.2, 0.25) is 0 Å². The number of fused-ring (bicyclic) bond motifs is 1. The summed E-state index contributed by atoms with van der Waals surface area (Å²) in [4.78, 5) is 14.3. The van der Waals surface area contributed by atoms with E-state index in [0.29, 0.717) is 19.0 Å². The van der Waals surface area contributed by atoms with Crippen molar-refractivity contribution in [2.45, 2.75) is 37.8 Å². The van der Waals surface area contributed by atoms with Crippen LogP contribution in [0.25, 0.3) is 0 Å². The summed E-state index contributed by atoms with van der Waals surface area (Å²) in [6.07, 6.45) is 5.40. The molecule has 8 nitrogen and oxygen atoms in total. The van der Waals surface area contributed by atoms with Gasteiger partial charge in [0.1, 0.15) is 0 Å². The number of aromatic nitrogens is 3. The average molecular weight is 355 g/mol. The summed E-state index contributed by atoms with van der Waals surface area (Å²) < 4.78 is 12.6. The molecular weight excluding hydrogens is 334 g/mol. The van der Waals surface area contributed by atoms with E-state index in [0.717, 1.165) is 35.7 Å². The molecule has 0 spiro atoms. The van der Waals surface area contributed by atoms with Gasteiger partial charge in [-0.1, -0.05) is 11.3 Å². The predicted molar refractivity (Wildman–Crippen MR) is 92.0 cm³/mol. The number of carbonyl (C=O) groups excluding carboxylic acids is 1. The number of hydrogen-bond donors (Lipinski definition) is 1. The van der Waals surface area contributed by atoms with E-state index in [1.807, 2.05) is 27.8 Å². The number of nitrogens with zero attached hydrogens (tertiary/aromatic N) is 4. The van der Waals surface area contributed by atoms with E-state index in [9.17, 15) is 4.79 Å².